The molecule has 0 saturated carbocycles. The molecule has 0 atom stereocenters. The van der Waals surface area contributed by atoms with Gasteiger partial charge < -0.3 is 5.73 Å². The molecule has 0 aliphatic rings. The summed E-state index contributed by atoms with van der Waals surface area (Å²) < 4.78 is 0.801. The van der Waals surface area contributed by atoms with Crippen LogP contribution in [0, 0.1) is 6.92 Å². The molecule has 0 bridgehead atoms. The van der Waals surface area contributed by atoms with Gasteiger partial charge in [0.15, 0.2) is 0 Å². The second-order valence-electron chi connectivity index (χ2n) is 2.28. The van der Waals surface area contributed by atoms with Crippen molar-refractivity contribution in [3.05, 3.63) is 16.0 Å². The second-order valence-corrected chi connectivity index (χ2v) is 3.07. The van der Waals surface area contributed by atoms with Crippen LogP contribution in [0.2, 0.25) is 0 Å². The van der Waals surface area contributed by atoms with Crippen LogP contribution in [0.3, 0.4) is 0 Å². The highest BCUT2D eigenvalue weighted by Gasteiger charge is 2.03. The molecule has 1 heterocycles. The molecule has 3 nitrogen and oxygen atoms in total. The van der Waals surface area contributed by atoms with Gasteiger partial charge in [0.2, 0.25) is 0 Å². The fourth-order valence-electron chi connectivity index (χ4n) is 0.799. The van der Waals surface area contributed by atoms with Crippen LogP contribution >= 0.6 is 15.9 Å². The first kappa shape index (κ1) is 8.46. The van der Waals surface area contributed by atoms with Gasteiger partial charge in [-0.2, -0.15) is 0 Å². The normalized spacial score (nSPS) is 10.1. The molecule has 0 spiro atoms. The summed E-state index contributed by atoms with van der Waals surface area (Å²) in [6.45, 7) is 3.91. The first-order valence-corrected chi connectivity index (χ1v) is 4.23. The van der Waals surface area contributed by atoms with Crippen LogP contribution in [0.15, 0.2) is 4.47 Å². The zero-order valence-electron chi connectivity index (χ0n) is 6.56. The molecule has 11 heavy (non-hydrogen) atoms. The Morgan fingerprint density at radius 3 is 2.55 bits per heavy atom. The molecule has 1 aromatic rings. The zero-order chi connectivity index (χ0) is 8.43. The van der Waals surface area contributed by atoms with Gasteiger partial charge in [0.25, 0.3) is 0 Å². The molecule has 0 radical (unpaired) electrons. The lowest BCUT2D eigenvalue weighted by molar-refractivity contribution is 0.917. The molecule has 0 unspecified atom stereocenters. The fourth-order valence-corrected chi connectivity index (χ4v) is 0.977. The van der Waals surface area contributed by atoms with Crippen LogP contribution in [0.5, 0.6) is 0 Å². The topological polar surface area (TPSA) is 51.8 Å². The van der Waals surface area contributed by atoms with Crippen LogP contribution in [-0.4, -0.2) is 9.97 Å². The Kier molecular flexibility index (Phi) is 2.44. The van der Waals surface area contributed by atoms with Gasteiger partial charge in [-0.25, -0.2) is 9.97 Å². The summed E-state index contributed by atoms with van der Waals surface area (Å²) in [5.41, 5.74) is 6.50. The highest BCUT2D eigenvalue weighted by molar-refractivity contribution is 9.10. The van der Waals surface area contributed by atoms with E-state index in [4.69, 9.17) is 5.73 Å². The minimum Gasteiger partial charge on any atom is -0.383 e. The summed E-state index contributed by atoms with van der Waals surface area (Å²) in [4.78, 5) is 8.29. The van der Waals surface area contributed by atoms with Crippen molar-refractivity contribution in [3.8, 4) is 0 Å². The Morgan fingerprint density at radius 2 is 2.09 bits per heavy atom. The lowest BCUT2D eigenvalue weighted by Crippen LogP contribution is -2.01. The SMILES string of the molecule is CCc1nc(C)c(Br)c(N)n1. The van der Waals surface area contributed by atoms with E-state index < -0.39 is 0 Å². The number of anilines is 1. The maximum absolute atomic E-state index is 5.60. The minimum atomic E-state index is 0.523. The van der Waals surface area contributed by atoms with E-state index in [2.05, 4.69) is 25.9 Å². The van der Waals surface area contributed by atoms with Crippen molar-refractivity contribution in [2.24, 2.45) is 0 Å². The van der Waals surface area contributed by atoms with Gasteiger partial charge in [0, 0.05) is 6.42 Å². The van der Waals surface area contributed by atoms with Crippen LogP contribution in [0.25, 0.3) is 0 Å². The number of hydrogen-bond donors (Lipinski definition) is 1. The number of nitrogen functional groups attached to an aromatic ring is 1. The minimum absolute atomic E-state index is 0.523. The monoisotopic (exact) mass is 215 g/mol. The summed E-state index contributed by atoms with van der Waals surface area (Å²) in [5, 5.41) is 0. The Labute approximate surface area is 74.2 Å². The summed E-state index contributed by atoms with van der Waals surface area (Å²) >= 11 is 3.29. The van der Waals surface area contributed by atoms with E-state index in [0.717, 1.165) is 22.4 Å². The van der Waals surface area contributed by atoms with E-state index in [9.17, 15) is 0 Å². The van der Waals surface area contributed by atoms with E-state index in [1.807, 2.05) is 13.8 Å². The van der Waals surface area contributed by atoms with Crippen molar-refractivity contribution in [3.63, 3.8) is 0 Å². The third-order valence-corrected chi connectivity index (χ3v) is 2.39. The van der Waals surface area contributed by atoms with Gasteiger partial charge in [0.1, 0.15) is 11.6 Å². The Morgan fingerprint density at radius 1 is 1.45 bits per heavy atom. The van der Waals surface area contributed by atoms with Crippen molar-refractivity contribution in [1.82, 2.24) is 9.97 Å². The molecule has 0 aliphatic carbocycles. The van der Waals surface area contributed by atoms with Crippen molar-refractivity contribution < 1.29 is 0 Å². The molecule has 1 rings (SSSR count). The van der Waals surface area contributed by atoms with Crippen molar-refractivity contribution in [2.75, 3.05) is 5.73 Å². The fraction of sp³-hybridized carbons (Fsp3) is 0.429. The highest BCUT2D eigenvalue weighted by atomic mass is 79.9. The van der Waals surface area contributed by atoms with Crippen molar-refractivity contribution in [1.29, 1.82) is 0 Å². The second kappa shape index (κ2) is 3.17. The molecule has 60 valence electrons. The van der Waals surface area contributed by atoms with Crippen molar-refractivity contribution in [2.45, 2.75) is 20.3 Å². The number of rotatable bonds is 1. The molecule has 0 aliphatic heterocycles. The average Bonchev–Trinajstić information content (AvgIpc) is 1.99. The van der Waals surface area contributed by atoms with Crippen molar-refractivity contribution >= 4 is 21.7 Å². The van der Waals surface area contributed by atoms with E-state index in [0.29, 0.717) is 5.82 Å². The van der Waals surface area contributed by atoms with Crippen LogP contribution in [0.4, 0.5) is 5.82 Å². The van der Waals surface area contributed by atoms with Gasteiger partial charge in [-0.15, -0.1) is 0 Å². The van der Waals surface area contributed by atoms with Gasteiger partial charge in [-0.1, -0.05) is 6.92 Å². The lowest BCUT2D eigenvalue weighted by Gasteiger charge is -2.02. The Balaban J connectivity index is 3.21. The van der Waals surface area contributed by atoms with E-state index in [1.54, 1.807) is 0 Å². The predicted octanol–water partition coefficient (Wildman–Crippen LogP) is 1.69. The number of aryl methyl sites for hydroxylation is 2. The molecule has 0 aromatic carbocycles. The zero-order valence-corrected chi connectivity index (χ0v) is 8.14. The molecule has 0 fully saturated rings. The van der Waals surface area contributed by atoms with Crippen LogP contribution in [0.1, 0.15) is 18.4 Å². The van der Waals surface area contributed by atoms with Gasteiger partial charge >= 0.3 is 0 Å². The molecular formula is C7H10BrN3. The van der Waals surface area contributed by atoms with Crippen LogP contribution < -0.4 is 5.73 Å². The molecule has 0 amide bonds. The number of halogens is 1. The lowest BCUT2D eigenvalue weighted by atomic mass is 10.4. The average molecular weight is 216 g/mol. The summed E-state index contributed by atoms with van der Waals surface area (Å²) in [5.74, 6) is 1.32. The van der Waals surface area contributed by atoms with Gasteiger partial charge in [-0.05, 0) is 22.9 Å². The van der Waals surface area contributed by atoms with E-state index >= 15 is 0 Å². The molecule has 2 N–H and O–H groups in total. The van der Waals surface area contributed by atoms with E-state index in [-0.39, 0.29) is 0 Å². The summed E-state index contributed by atoms with van der Waals surface area (Å²) in [6, 6.07) is 0. The third-order valence-electron chi connectivity index (χ3n) is 1.41. The number of nitrogens with two attached hydrogens (primary N) is 1. The highest BCUT2D eigenvalue weighted by Crippen LogP contribution is 2.19. The van der Waals surface area contributed by atoms with Gasteiger partial charge in [-0.3, -0.25) is 0 Å². The molecule has 4 heteroatoms. The van der Waals surface area contributed by atoms with Gasteiger partial charge in [0.05, 0.1) is 10.2 Å². The Bertz CT molecular complexity index is 249. The third kappa shape index (κ3) is 1.68. The summed E-state index contributed by atoms with van der Waals surface area (Å²) in [6.07, 6.45) is 0.818. The van der Waals surface area contributed by atoms with Crippen LogP contribution in [-0.2, 0) is 6.42 Å². The molecule has 0 saturated heterocycles. The number of nitrogens with zero attached hydrogens (tertiary/aromatic N) is 2. The maximum Gasteiger partial charge on any atom is 0.141 e. The largest absolute Gasteiger partial charge is 0.383 e. The van der Waals surface area contributed by atoms with E-state index in [1.165, 1.54) is 0 Å². The summed E-state index contributed by atoms with van der Waals surface area (Å²) in [7, 11) is 0. The predicted molar refractivity (Wildman–Crippen MR) is 48.3 cm³/mol. The first-order chi connectivity index (χ1) is 5.15. The standard InChI is InChI=1S/C7H10BrN3/c1-3-5-10-4(2)6(8)7(9)11-5/h3H2,1-2H3,(H2,9,10,11). The number of hydrogen-bond acceptors (Lipinski definition) is 3. The smallest absolute Gasteiger partial charge is 0.141 e. The maximum atomic E-state index is 5.60. The molecule has 1 aromatic heterocycles. The Hall–Kier alpha value is -0.640. The quantitative estimate of drug-likeness (QED) is 0.777. The number of aromatic nitrogens is 2. The first-order valence-electron chi connectivity index (χ1n) is 3.43. The molecular weight excluding hydrogens is 206 g/mol.